The number of aryl methyl sites for hydroxylation is 2. The highest BCUT2D eigenvalue weighted by Gasteiger charge is 2.13. The number of aromatic amines is 1. The first-order valence-electron chi connectivity index (χ1n) is 6.55. The number of hydrogen-bond donors (Lipinski definition) is 2. The Balaban J connectivity index is 1.95. The molecule has 0 fully saturated rings. The molecule has 0 saturated heterocycles. The van der Waals surface area contributed by atoms with Gasteiger partial charge in [-0.05, 0) is 30.7 Å². The predicted molar refractivity (Wildman–Crippen MR) is 75.6 cm³/mol. The third-order valence-electron chi connectivity index (χ3n) is 3.22. The van der Waals surface area contributed by atoms with Crippen molar-refractivity contribution in [2.24, 2.45) is 0 Å². The maximum absolute atomic E-state index is 5.88. The second-order valence-electron chi connectivity index (χ2n) is 4.99. The number of nitrogens with one attached hydrogen (secondary N) is 1. The topological polar surface area (TPSA) is 54.7 Å². The lowest BCUT2D eigenvalue weighted by molar-refractivity contribution is 0.766. The maximum Gasteiger partial charge on any atom is 0.148 e. The molecule has 0 aliphatic rings. The molecule has 0 atom stereocenters. The third-order valence-corrected chi connectivity index (χ3v) is 3.22. The Morgan fingerprint density at radius 3 is 2.56 bits per heavy atom. The van der Waals surface area contributed by atoms with Crippen LogP contribution in [0.3, 0.4) is 0 Å². The van der Waals surface area contributed by atoms with Crippen LogP contribution in [0.1, 0.15) is 43.0 Å². The highest BCUT2D eigenvalue weighted by Crippen LogP contribution is 2.24. The minimum atomic E-state index is 0.426. The summed E-state index contributed by atoms with van der Waals surface area (Å²) in [7, 11) is 0. The first-order chi connectivity index (χ1) is 8.68. The molecule has 0 radical (unpaired) electrons. The lowest BCUT2D eigenvalue weighted by Gasteiger charge is -2.07. The Kier molecular flexibility index (Phi) is 4.03. The van der Waals surface area contributed by atoms with E-state index < -0.39 is 0 Å². The summed E-state index contributed by atoms with van der Waals surface area (Å²) in [5.41, 5.74) is 9.64. The first kappa shape index (κ1) is 12.7. The van der Waals surface area contributed by atoms with Crippen molar-refractivity contribution in [3.8, 4) is 0 Å². The Morgan fingerprint density at radius 2 is 1.89 bits per heavy atom. The van der Waals surface area contributed by atoms with Crippen molar-refractivity contribution in [2.75, 3.05) is 5.73 Å². The van der Waals surface area contributed by atoms with Gasteiger partial charge in [0.15, 0.2) is 0 Å². The van der Waals surface area contributed by atoms with Crippen LogP contribution < -0.4 is 5.73 Å². The van der Waals surface area contributed by atoms with E-state index >= 15 is 0 Å². The van der Waals surface area contributed by atoms with Crippen molar-refractivity contribution in [2.45, 2.75) is 39.0 Å². The minimum Gasteiger partial charge on any atom is -0.382 e. The van der Waals surface area contributed by atoms with E-state index in [1.165, 1.54) is 16.8 Å². The molecule has 0 aliphatic heterocycles. The minimum absolute atomic E-state index is 0.426. The molecule has 1 aromatic carbocycles. The predicted octanol–water partition coefficient (Wildman–Crippen LogP) is 3.29. The molecule has 1 heterocycles. The second-order valence-corrected chi connectivity index (χ2v) is 4.99. The largest absolute Gasteiger partial charge is 0.382 e. The summed E-state index contributed by atoms with van der Waals surface area (Å²) in [6.45, 7) is 4.31. The molecule has 3 N–H and O–H groups in total. The monoisotopic (exact) mass is 243 g/mol. The van der Waals surface area contributed by atoms with Gasteiger partial charge in [0.1, 0.15) is 5.82 Å². The van der Waals surface area contributed by atoms with Crippen molar-refractivity contribution >= 4 is 5.82 Å². The number of aromatic nitrogens is 2. The van der Waals surface area contributed by atoms with Crippen LogP contribution in [0.2, 0.25) is 0 Å². The highest BCUT2D eigenvalue weighted by atomic mass is 15.2. The number of rotatable bonds is 5. The van der Waals surface area contributed by atoms with Crippen LogP contribution in [0.25, 0.3) is 0 Å². The molecule has 0 amide bonds. The van der Waals surface area contributed by atoms with Crippen molar-refractivity contribution in [1.29, 1.82) is 0 Å². The Hall–Kier alpha value is -1.77. The molecule has 0 aliphatic carbocycles. The molecule has 0 unspecified atom stereocenters. The average Bonchev–Trinajstić information content (AvgIpc) is 2.72. The van der Waals surface area contributed by atoms with E-state index in [4.69, 9.17) is 5.73 Å². The number of nitrogen functional groups attached to an aromatic ring is 1. The van der Waals surface area contributed by atoms with Gasteiger partial charge >= 0.3 is 0 Å². The van der Waals surface area contributed by atoms with Crippen molar-refractivity contribution in [3.05, 3.63) is 47.2 Å². The fourth-order valence-electron chi connectivity index (χ4n) is 2.35. The molecule has 1 aromatic heterocycles. The van der Waals surface area contributed by atoms with Gasteiger partial charge in [-0.25, -0.2) is 0 Å². The summed E-state index contributed by atoms with van der Waals surface area (Å²) in [6.07, 6.45) is 3.22. The van der Waals surface area contributed by atoms with Crippen molar-refractivity contribution in [3.63, 3.8) is 0 Å². The van der Waals surface area contributed by atoms with Crippen molar-refractivity contribution < 1.29 is 0 Å². The van der Waals surface area contributed by atoms with Gasteiger partial charge < -0.3 is 5.73 Å². The average molecular weight is 243 g/mol. The number of hydrogen-bond acceptors (Lipinski definition) is 2. The number of anilines is 1. The van der Waals surface area contributed by atoms with Gasteiger partial charge in [-0.15, -0.1) is 0 Å². The van der Waals surface area contributed by atoms with E-state index in [1.54, 1.807) is 0 Å². The van der Waals surface area contributed by atoms with Gasteiger partial charge in [0.2, 0.25) is 0 Å². The molecule has 0 saturated carbocycles. The van der Waals surface area contributed by atoms with Gasteiger partial charge in [-0.3, -0.25) is 5.10 Å². The fourth-order valence-corrected chi connectivity index (χ4v) is 2.35. The Morgan fingerprint density at radius 1 is 1.17 bits per heavy atom. The van der Waals surface area contributed by atoms with E-state index in [-0.39, 0.29) is 0 Å². The van der Waals surface area contributed by atoms with Crippen LogP contribution in [0.4, 0.5) is 5.82 Å². The normalized spacial score (nSPS) is 11.1. The molecule has 2 rings (SSSR count). The third kappa shape index (κ3) is 2.92. The summed E-state index contributed by atoms with van der Waals surface area (Å²) >= 11 is 0. The summed E-state index contributed by atoms with van der Waals surface area (Å²) in [5, 5.41) is 7.18. The molecule has 96 valence electrons. The van der Waals surface area contributed by atoms with Gasteiger partial charge in [-0.1, -0.05) is 44.2 Å². The molecule has 0 bridgehead atoms. The molecule has 0 spiro atoms. The van der Waals surface area contributed by atoms with E-state index in [0.29, 0.717) is 11.7 Å². The van der Waals surface area contributed by atoms with Gasteiger partial charge in [0, 0.05) is 11.3 Å². The van der Waals surface area contributed by atoms with Crippen molar-refractivity contribution in [1.82, 2.24) is 10.2 Å². The van der Waals surface area contributed by atoms with Gasteiger partial charge in [-0.2, -0.15) is 5.10 Å². The molecule has 2 aromatic rings. The van der Waals surface area contributed by atoms with Crippen LogP contribution in [0.15, 0.2) is 30.3 Å². The molecule has 3 nitrogen and oxygen atoms in total. The zero-order valence-electron chi connectivity index (χ0n) is 11.1. The summed E-state index contributed by atoms with van der Waals surface area (Å²) in [5.74, 6) is 1.08. The fraction of sp³-hybridized carbons (Fsp3) is 0.400. The maximum atomic E-state index is 5.88. The number of nitrogens with two attached hydrogens (primary N) is 1. The summed E-state index contributed by atoms with van der Waals surface area (Å²) < 4.78 is 0. The quantitative estimate of drug-likeness (QED) is 0.846. The Bertz CT molecular complexity index is 486. The van der Waals surface area contributed by atoms with Gasteiger partial charge in [0.25, 0.3) is 0 Å². The van der Waals surface area contributed by atoms with E-state index in [1.807, 2.05) is 0 Å². The zero-order valence-corrected chi connectivity index (χ0v) is 11.1. The van der Waals surface area contributed by atoms with Crippen LogP contribution in [-0.2, 0) is 12.8 Å². The highest BCUT2D eigenvalue weighted by molar-refractivity contribution is 5.44. The molecule has 3 heteroatoms. The van der Waals surface area contributed by atoms with Crippen LogP contribution in [-0.4, -0.2) is 10.2 Å². The standard InChI is InChI=1S/C15H21N3/c1-11(2)14-13(17-18-15(14)16)10-6-9-12-7-4-3-5-8-12/h3-5,7-8,11H,6,9-10H2,1-2H3,(H3,16,17,18). The lowest BCUT2D eigenvalue weighted by atomic mass is 9.99. The van der Waals surface area contributed by atoms with Crippen LogP contribution in [0, 0.1) is 0 Å². The molecular formula is C15H21N3. The Labute approximate surface area is 108 Å². The number of nitrogens with zero attached hydrogens (tertiary/aromatic N) is 1. The van der Waals surface area contributed by atoms with E-state index in [2.05, 4.69) is 54.4 Å². The van der Waals surface area contributed by atoms with Gasteiger partial charge in [0.05, 0.1) is 0 Å². The van der Waals surface area contributed by atoms with E-state index in [9.17, 15) is 0 Å². The second kappa shape index (κ2) is 5.71. The SMILES string of the molecule is CC(C)c1c(N)n[nH]c1CCCc1ccccc1. The zero-order chi connectivity index (χ0) is 13.0. The van der Waals surface area contributed by atoms with E-state index in [0.717, 1.165) is 19.3 Å². The lowest BCUT2D eigenvalue weighted by Crippen LogP contribution is -1.98. The number of benzene rings is 1. The molecule has 18 heavy (non-hydrogen) atoms. The summed E-state index contributed by atoms with van der Waals surface area (Å²) in [6, 6.07) is 10.6. The summed E-state index contributed by atoms with van der Waals surface area (Å²) in [4.78, 5) is 0. The van der Waals surface area contributed by atoms with Crippen LogP contribution in [0.5, 0.6) is 0 Å². The number of H-pyrrole nitrogens is 1. The smallest absolute Gasteiger partial charge is 0.148 e. The van der Waals surface area contributed by atoms with Crippen LogP contribution >= 0.6 is 0 Å². The molecular weight excluding hydrogens is 222 g/mol. The first-order valence-corrected chi connectivity index (χ1v) is 6.55.